The number of hydrogen-bond donors (Lipinski definition) is 1. The van der Waals surface area contributed by atoms with Crippen molar-refractivity contribution in [1.82, 2.24) is 4.90 Å². The van der Waals surface area contributed by atoms with Gasteiger partial charge in [-0.3, -0.25) is 4.90 Å². The van der Waals surface area contributed by atoms with Gasteiger partial charge in [0, 0.05) is 48.7 Å². The molecule has 0 aromatic heterocycles. The number of anilines is 1. The van der Waals surface area contributed by atoms with Crippen LogP contribution in [0.1, 0.15) is 45.7 Å². The minimum absolute atomic E-state index is 0.207. The highest BCUT2D eigenvalue weighted by atomic mass is 16.3. The Labute approximate surface area is 176 Å². The molecule has 1 aliphatic heterocycles. The average molecular weight is 393 g/mol. The highest BCUT2D eigenvalue weighted by molar-refractivity contribution is 5.54. The first-order valence-corrected chi connectivity index (χ1v) is 11.1. The summed E-state index contributed by atoms with van der Waals surface area (Å²) in [6, 6.07) is 19.4. The molecule has 1 aliphatic carbocycles. The van der Waals surface area contributed by atoms with Crippen molar-refractivity contribution in [2.45, 2.75) is 52.7 Å². The van der Waals surface area contributed by atoms with E-state index in [1.165, 1.54) is 11.3 Å². The van der Waals surface area contributed by atoms with E-state index in [0.29, 0.717) is 6.04 Å². The predicted octanol–water partition coefficient (Wildman–Crippen LogP) is 4.69. The predicted molar refractivity (Wildman–Crippen MR) is 121 cm³/mol. The molecule has 2 aromatic rings. The van der Waals surface area contributed by atoms with E-state index in [9.17, 15) is 5.11 Å². The summed E-state index contributed by atoms with van der Waals surface area (Å²) in [6.45, 7) is 15.4. The summed E-state index contributed by atoms with van der Waals surface area (Å²) in [5, 5.41) is 11.9. The van der Waals surface area contributed by atoms with Crippen molar-refractivity contribution in [1.29, 1.82) is 0 Å². The molecule has 0 spiro atoms. The molecule has 4 rings (SSSR count). The Bertz CT molecular complexity index is 834. The first-order chi connectivity index (χ1) is 13.7. The summed E-state index contributed by atoms with van der Waals surface area (Å²) in [5.41, 5.74) is 2.63. The first-order valence-electron chi connectivity index (χ1n) is 11.1. The van der Waals surface area contributed by atoms with Crippen molar-refractivity contribution in [2.75, 3.05) is 31.1 Å². The second-order valence-electron chi connectivity index (χ2n) is 9.93. The number of piperazine rings is 1. The van der Waals surface area contributed by atoms with E-state index < -0.39 is 5.60 Å². The third-order valence-corrected chi connectivity index (χ3v) is 7.82. The van der Waals surface area contributed by atoms with Gasteiger partial charge in [-0.2, -0.15) is 0 Å². The molecular formula is C26H36N2O. The van der Waals surface area contributed by atoms with Gasteiger partial charge in [0.05, 0.1) is 0 Å². The van der Waals surface area contributed by atoms with Gasteiger partial charge < -0.3 is 10.0 Å². The largest absolute Gasteiger partial charge is 0.384 e. The summed E-state index contributed by atoms with van der Waals surface area (Å²) in [5.74, 6) is 0. The zero-order valence-electron chi connectivity index (χ0n) is 18.7. The Morgan fingerprint density at radius 2 is 1.38 bits per heavy atom. The molecule has 156 valence electrons. The van der Waals surface area contributed by atoms with Crippen LogP contribution in [-0.2, 0) is 12.0 Å². The highest BCUT2D eigenvalue weighted by Crippen LogP contribution is 2.68. The Balaban J connectivity index is 1.53. The minimum Gasteiger partial charge on any atom is -0.384 e. The molecule has 3 nitrogen and oxygen atoms in total. The Hall–Kier alpha value is -1.84. The van der Waals surface area contributed by atoms with Gasteiger partial charge in [-0.05, 0) is 23.6 Å². The van der Waals surface area contributed by atoms with Crippen molar-refractivity contribution in [2.24, 2.45) is 10.8 Å². The fourth-order valence-electron chi connectivity index (χ4n) is 6.73. The smallest absolute Gasteiger partial charge is 0.103 e. The normalized spacial score (nSPS) is 28.8. The molecule has 29 heavy (non-hydrogen) atoms. The number of nitrogens with zero attached hydrogens (tertiary/aromatic N) is 2. The fraction of sp³-hybridized carbons (Fsp3) is 0.538. The van der Waals surface area contributed by atoms with Crippen molar-refractivity contribution < 1.29 is 5.11 Å². The topological polar surface area (TPSA) is 26.7 Å². The van der Waals surface area contributed by atoms with Crippen molar-refractivity contribution >= 4 is 5.69 Å². The van der Waals surface area contributed by atoms with E-state index in [1.807, 2.05) is 18.2 Å². The van der Waals surface area contributed by atoms with Crippen molar-refractivity contribution in [3.63, 3.8) is 0 Å². The van der Waals surface area contributed by atoms with Crippen LogP contribution in [0.15, 0.2) is 54.6 Å². The average Bonchev–Trinajstić information content (AvgIpc) is 2.73. The quantitative estimate of drug-likeness (QED) is 0.817. The van der Waals surface area contributed by atoms with E-state index in [-0.39, 0.29) is 10.8 Å². The van der Waals surface area contributed by atoms with Crippen molar-refractivity contribution in [3.8, 4) is 0 Å². The third kappa shape index (κ3) is 2.85. The van der Waals surface area contributed by atoms with Gasteiger partial charge in [-0.25, -0.2) is 0 Å². The van der Waals surface area contributed by atoms with E-state index >= 15 is 0 Å². The second-order valence-corrected chi connectivity index (χ2v) is 9.93. The highest BCUT2D eigenvalue weighted by Gasteiger charge is 2.73. The summed E-state index contributed by atoms with van der Waals surface area (Å²) in [6.07, 6.45) is 1.07. The summed E-state index contributed by atoms with van der Waals surface area (Å²) >= 11 is 0. The zero-order chi connectivity index (χ0) is 20.9. The van der Waals surface area contributed by atoms with Crippen LogP contribution in [-0.4, -0.2) is 42.2 Å². The SMILES string of the molecule is CCc1ccccc1N1CCN(C2C(C)(C)C(O)(c3ccccc3)C2(C)C)CC1. The third-order valence-electron chi connectivity index (χ3n) is 7.82. The summed E-state index contributed by atoms with van der Waals surface area (Å²) < 4.78 is 0. The van der Waals surface area contributed by atoms with Crippen LogP contribution < -0.4 is 4.90 Å². The van der Waals surface area contributed by atoms with Gasteiger partial charge in [0.25, 0.3) is 0 Å². The Morgan fingerprint density at radius 1 is 0.828 bits per heavy atom. The van der Waals surface area contributed by atoms with E-state index in [4.69, 9.17) is 0 Å². The molecule has 2 fully saturated rings. The summed E-state index contributed by atoms with van der Waals surface area (Å²) in [7, 11) is 0. The van der Waals surface area contributed by atoms with E-state index in [1.54, 1.807) is 0 Å². The number of aliphatic hydroxyl groups is 1. The minimum atomic E-state index is -0.822. The Morgan fingerprint density at radius 3 is 1.97 bits per heavy atom. The van der Waals surface area contributed by atoms with Gasteiger partial charge in [0.2, 0.25) is 0 Å². The molecular weight excluding hydrogens is 356 g/mol. The molecule has 2 aromatic carbocycles. The van der Waals surface area contributed by atoms with E-state index in [0.717, 1.165) is 38.2 Å². The van der Waals surface area contributed by atoms with Crippen LogP contribution >= 0.6 is 0 Å². The maximum atomic E-state index is 11.9. The Kier molecular flexibility index (Phi) is 5.03. The molecule has 3 heteroatoms. The van der Waals surface area contributed by atoms with Crippen LogP contribution in [0.5, 0.6) is 0 Å². The van der Waals surface area contributed by atoms with Crippen LogP contribution in [0.4, 0.5) is 5.69 Å². The standard InChI is InChI=1S/C26H36N2O/c1-6-20-12-10-11-15-22(20)27-16-18-28(19-17-27)23-24(2,3)26(29,25(23,4)5)21-13-8-7-9-14-21/h7-15,23,29H,6,16-19H2,1-5H3. The van der Waals surface area contributed by atoms with Crippen LogP contribution in [0.25, 0.3) is 0 Å². The van der Waals surface area contributed by atoms with Crippen LogP contribution in [0.3, 0.4) is 0 Å². The lowest BCUT2D eigenvalue weighted by molar-refractivity contribution is -0.307. The van der Waals surface area contributed by atoms with Crippen LogP contribution in [0.2, 0.25) is 0 Å². The lowest BCUT2D eigenvalue weighted by Gasteiger charge is -2.72. The summed E-state index contributed by atoms with van der Waals surface area (Å²) in [4.78, 5) is 5.17. The molecule has 1 saturated carbocycles. The molecule has 0 atom stereocenters. The molecule has 2 aliphatic rings. The van der Waals surface area contributed by atoms with E-state index in [2.05, 4.69) is 80.8 Å². The second kappa shape index (κ2) is 7.14. The van der Waals surface area contributed by atoms with Crippen LogP contribution in [0, 0.1) is 10.8 Å². The van der Waals surface area contributed by atoms with Gasteiger partial charge in [0.15, 0.2) is 0 Å². The molecule has 0 amide bonds. The zero-order valence-corrected chi connectivity index (χ0v) is 18.7. The van der Waals surface area contributed by atoms with Gasteiger partial charge in [-0.1, -0.05) is 83.1 Å². The monoisotopic (exact) mass is 392 g/mol. The van der Waals surface area contributed by atoms with Gasteiger partial charge >= 0.3 is 0 Å². The molecule has 0 radical (unpaired) electrons. The number of hydrogen-bond acceptors (Lipinski definition) is 3. The molecule has 0 unspecified atom stereocenters. The number of aryl methyl sites for hydroxylation is 1. The molecule has 1 N–H and O–H groups in total. The van der Waals surface area contributed by atoms with Gasteiger partial charge in [0.1, 0.15) is 5.60 Å². The fourth-order valence-corrected chi connectivity index (χ4v) is 6.73. The first kappa shape index (κ1) is 20.4. The lowest BCUT2D eigenvalue weighted by atomic mass is 9.39. The lowest BCUT2D eigenvalue weighted by Crippen LogP contribution is -2.79. The molecule has 0 bridgehead atoms. The maximum absolute atomic E-state index is 11.9. The maximum Gasteiger partial charge on any atom is 0.103 e. The van der Waals surface area contributed by atoms with Gasteiger partial charge in [-0.15, -0.1) is 0 Å². The molecule has 1 saturated heterocycles. The number of para-hydroxylation sites is 1. The number of rotatable bonds is 4. The number of benzene rings is 2. The molecule has 1 heterocycles. The van der Waals surface area contributed by atoms with Crippen molar-refractivity contribution in [3.05, 3.63) is 65.7 Å².